The molecule has 4 rings (SSSR count). The number of anilines is 1. The lowest BCUT2D eigenvalue weighted by atomic mass is 10.2. The molecule has 1 aliphatic rings. The van der Waals surface area contributed by atoms with Gasteiger partial charge in [0, 0.05) is 6.42 Å². The van der Waals surface area contributed by atoms with E-state index in [4.69, 9.17) is 4.74 Å². The molecule has 1 amide bonds. The normalized spacial score (nSPS) is 16.3. The standard InChI is InChI=1S/C19H17N3O3S/c1-2-25-15-10-6-4-8-13(15)20-18(24)16-11-17(23)22-14-9-5-3-7-12(14)21-19(22)26-16/h3-10,16H,2,11H2,1H3,(H,20,24). The number of para-hydroxylation sites is 4. The second kappa shape index (κ2) is 6.84. The van der Waals surface area contributed by atoms with E-state index in [0.717, 1.165) is 11.0 Å². The van der Waals surface area contributed by atoms with Crippen molar-refractivity contribution in [2.45, 2.75) is 23.8 Å². The van der Waals surface area contributed by atoms with Crippen LogP contribution in [0.4, 0.5) is 5.69 Å². The third-order valence-corrected chi connectivity index (χ3v) is 5.27. The van der Waals surface area contributed by atoms with Crippen LogP contribution in [0, 0.1) is 0 Å². The van der Waals surface area contributed by atoms with Crippen LogP contribution in [0.1, 0.15) is 18.1 Å². The van der Waals surface area contributed by atoms with Crippen LogP contribution >= 0.6 is 11.8 Å². The van der Waals surface area contributed by atoms with Gasteiger partial charge in [0.25, 0.3) is 0 Å². The second-order valence-electron chi connectivity index (χ2n) is 5.84. The highest BCUT2D eigenvalue weighted by Crippen LogP contribution is 2.35. The summed E-state index contributed by atoms with van der Waals surface area (Å²) in [5, 5.41) is 2.91. The molecular formula is C19H17N3O3S. The summed E-state index contributed by atoms with van der Waals surface area (Å²) in [6.45, 7) is 2.40. The minimum Gasteiger partial charge on any atom is -0.492 e. The Hall–Kier alpha value is -2.80. The number of thioether (sulfide) groups is 1. The van der Waals surface area contributed by atoms with Gasteiger partial charge in [0.05, 0.1) is 23.3 Å². The Morgan fingerprint density at radius 3 is 2.88 bits per heavy atom. The maximum atomic E-state index is 12.7. The van der Waals surface area contributed by atoms with Gasteiger partial charge in [0.15, 0.2) is 5.16 Å². The number of hydrogen-bond donors (Lipinski definition) is 1. The number of fused-ring (bicyclic) bond motifs is 3. The third-order valence-electron chi connectivity index (χ3n) is 4.12. The van der Waals surface area contributed by atoms with Crippen LogP contribution in [0.2, 0.25) is 0 Å². The molecule has 0 fully saturated rings. The van der Waals surface area contributed by atoms with E-state index in [2.05, 4.69) is 10.3 Å². The Balaban J connectivity index is 1.58. The van der Waals surface area contributed by atoms with E-state index in [1.165, 1.54) is 11.8 Å². The van der Waals surface area contributed by atoms with Gasteiger partial charge in [-0.1, -0.05) is 36.0 Å². The molecule has 0 saturated heterocycles. The molecule has 0 aliphatic carbocycles. The molecule has 0 radical (unpaired) electrons. The van der Waals surface area contributed by atoms with Crippen LogP contribution in [0.5, 0.6) is 5.75 Å². The van der Waals surface area contributed by atoms with Crippen LogP contribution in [0.25, 0.3) is 11.0 Å². The Morgan fingerprint density at radius 2 is 2.04 bits per heavy atom. The van der Waals surface area contributed by atoms with Crippen LogP contribution < -0.4 is 10.1 Å². The number of rotatable bonds is 4. The summed E-state index contributed by atoms with van der Waals surface area (Å²) >= 11 is 1.31. The van der Waals surface area contributed by atoms with Crippen LogP contribution in [-0.4, -0.2) is 33.2 Å². The molecule has 1 unspecified atom stereocenters. The number of amides is 1. The minimum absolute atomic E-state index is 0.120. The first-order valence-electron chi connectivity index (χ1n) is 8.37. The summed E-state index contributed by atoms with van der Waals surface area (Å²) in [5.41, 5.74) is 2.14. The van der Waals surface area contributed by atoms with Gasteiger partial charge in [0.2, 0.25) is 11.8 Å². The first-order chi connectivity index (χ1) is 12.7. The molecule has 0 bridgehead atoms. The molecule has 1 atom stereocenters. The predicted molar refractivity (Wildman–Crippen MR) is 101 cm³/mol. The topological polar surface area (TPSA) is 73.2 Å². The highest BCUT2D eigenvalue weighted by Gasteiger charge is 2.33. The van der Waals surface area contributed by atoms with Crippen molar-refractivity contribution in [3.05, 3.63) is 48.5 Å². The van der Waals surface area contributed by atoms with E-state index >= 15 is 0 Å². The van der Waals surface area contributed by atoms with Crippen molar-refractivity contribution in [3.63, 3.8) is 0 Å². The van der Waals surface area contributed by atoms with Gasteiger partial charge >= 0.3 is 0 Å². The van der Waals surface area contributed by atoms with E-state index < -0.39 is 5.25 Å². The summed E-state index contributed by atoms with van der Waals surface area (Å²) in [7, 11) is 0. The fraction of sp³-hybridized carbons (Fsp3) is 0.211. The monoisotopic (exact) mass is 367 g/mol. The van der Waals surface area contributed by atoms with Gasteiger partial charge in [-0.3, -0.25) is 14.2 Å². The zero-order valence-corrected chi connectivity index (χ0v) is 15.0. The second-order valence-corrected chi connectivity index (χ2v) is 7.01. The number of imidazole rings is 1. The van der Waals surface area contributed by atoms with E-state index in [-0.39, 0.29) is 18.2 Å². The molecule has 2 heterocycles. The SMILES string of the molecule is CCOc1ccccc1NC(=O)C1CC(=O)n2c(nc3ccccc32)S1. The number of carbonyl (C=O) groups excluding carboxylic acids is 2. The Morgan fingerprint density at radius 1 is 1.27 bits per heavy atom. The summed E-state index contributed by atoms with van der Waals surface area (Å²) in [4.78, 5) is 29.8. The first kappa shape index (κ1) is 16.7. The quantitative estimate of drug-likeness (QED) is 0.763. The number of benzene rings is 2. The van der Waals surface area contributed by atoms with E-state index in [9.17, 15) is 9.59 Å². The number of hydrogen-bond acceptors (Lipinski definition) is 5. The zero-order chi connectivity index (χ0) is 18.1. The summed E-state index contributed by atoms with van der Waals surface area (Å²) in [6, 6.07) is 14.7. The fourth-order valence-electron chi connectivity index (χ4n) is 2.95. The van der Waals surface area contributed by atoms with Crippen LogP contribution in [0.15, 0.2) is 53.7 Å². The van der Waals surface area contributed by atoms with Crippen molar-refractivity contribution >= 4 is 40.3 Å². The number of carbonyl (C=O) groups is 2. The van der Waals surface area contributed by atoms with Crippen molar-refractivity contribution in [1.29, 1.82) is 0 Å². The number of nitrogens with zero attached hydrogens (tertiary/aromatic N) is 2. The maximum absolute atomic E-state index is 12.7. The molecule has 1 aromatic heterocycles. The molecule has 1 N–H and O–H groups in total. The lowest BCUT2D eigenvalue weighted by Gasteiger charge is -2.21. The molecule has 6 nitrogen and oxygen atoms in total. The van der Waals surface area contributed by atoms with Crippen LogP contribution in [0.3, 0.4) is 0 Å². The molecule has 132 valence electrons. The van der Waals surface area contributed by atoms with Crippen molar-refractivity contribution < 1.29 is 14.3 Å². The van der Waals surface area contributed by atoms with E-state index in [1.54, 1.807) is 16.7 Å². The summed E-state index contributed by atoms with van der Waals surface area (Å²) in [6.07, 6.45) is 0.126. The predicted octanol–water partition coefficient (Wildman–Crippen LogP) is 3.58. The van der Waals surface area contributed by atoms with Gasteiger partial charge in [-0.15, -0.1) is 0 Å². The third kappa shape index (κ3) is 2.94. The average Bonchev–Trinajstić information content (AvgIpc) is 3.02. The van der Waals surface area contributed by atoms with Gasteiger partial charge in [0.1, 0.15) is 11.0 Å². The minimum atomic E-state index is -0.526. The van der Waals surface area contributed by atoms with Gasteiger partial charge in [-0.2, -0.15) is 0 Å². The smallest absolute Gasteiger partial charge is 0.238 e. The Bertz CT molecular complexity index is 999. The lowest BCUT2D eigenvalue weighted by Crippen LogP contribution is -2.33. The average molecular weight is 367 g/mol. The summed E-state index contributed by atoms with van der Waals surface area (Å²) in [5.74, 6) is 0.266. The van der Waals surface area contributed by atoms with Gasteiger partial charge < -0.3 is 10.1 Å². The molecule has 3 aromatic rings. The molecule has 2 aromatic carbocycles. The number of ether oxygens (including phenoxy) is 1. The highest BCUT2D eigenvalue weighted by molar-refractivity contribution is 8.00. The molecule has 1 aliphatic heterocycles. The van der Waals surface area contributed by atoms with Crippen molar-refractivity contribution in [2.75, 3.05) is 11.9 Å². The molecular weight excluding hydrogens is 350 g/mol. The molecule has 0 spiro atoms. The van der Waals surface area contributed by atoms with Crippen molar-refractivity contribution in [1.82, 2.24) is 9.55 Å². The van der Waals surface area contributed by atoms with E-state index in [0.29, 0.717) is 23.2 Å². The molecule has 26 heavy (non-hydrogen) atoms. The zero-order valence-electron chi connectivity index (χ0n) is 14.1. The molecule has 7 heteroatoms. The lowest BCUT2D eigenvalue weighted by molar-refractivity contribution is -0.115. The Kier molecular flexibility index (Phi) is 4.38. The fourth-order valence-corrected chi connectivity index (χ4v) is 4.06. The maximum Gasteiger partial charge on any atom is 0.238 e. The van der Waals surface area contributed by atoms with E-state index in [1.807, 2.05) is 43.3 Å². The van der Waals surface area contributed by atoms with Gasteiger partial charge in [-0.05, 0) is 31.2 Å². The molecule has 0 saturated carbocycles. The summed E-state index contributed by atoms with van der Waals surface area (Å²) < 4.78 is 7.13. The number of aromatic nitrogens is 2. The van der Waals surface area contributed by atoms with Crippen molar-refractivity contribution in [2.24, 2.45) is 0 Å². The number of nitrogens with one attached hydrogen (secondary N) is 1. The van der Waals surface area contributed by atoms with Gasteiger partial charge in [-0.25, -0.2) is 4.98 Å². The highest BCUT2D eigenvalue weighted by atomic mass is 32.2. The Labute approximate surface area is 154 Å². The van der Waals surface area contributed by atoms with Crippen LogP contribution in [-0.2, 0) is 4.79 Å². The largest absolute Gasteiger partial charge is 0.492 e. The van der Waals surface area contributed by atoms with Crippen molar-refractivity contribution in [3.8, 4) is 5.75 Å². The first-order valence-corrected chi connectivity index (χ1v) is 9.25.